The molecule has 2 N–H and O–H groups in total. The number of aliphatic hydroxyl groups is 1. The third-order valence-corrected chi connectivity index (χ3v) is 8.76. The topological polar surface area (TPSA) is 101 Å². The third-order valence-electron chi connectivity index (χ3n) is 8.76. The van der Waals surface area contributed by atoms with Crippen molar-refractivity contribution in [3.05, 3.63) is 0 Å². The van der Waals surface area contributed by atoms with Crippen molar-refractivity contribution >= 4 is 17.7 Å². The molecule has 6 nitrogen and oxygen atoms in total. The fourth-order valence-corrected chi connectivity index (χ4v) is 6.83. The maximum atomic E-state index is 13.4. The van der Waals surface area contributed by atoms with Crippen LogP contribution in [0.15, 0.2) is 0 Å². The van der Waals surface area contributed by atoms with Crippen LogP contribution in [-0.4, -0.2) is 46.3 Å². The van der Waals surface area contributed by atoms with E-state index in [9.17, 15) is 32.7 Å². The molecule has 0 aromatic heterocycles. The van der Waals surface area contributed by atoms with Gasteiger partial charge in [-0.1, -0.05) is 13.3 Å². The van der Waals surface area contributed by atoms with Crippen molar-refractivity contribution in [2.24, 2.45) is 35.5 Å². The third kappa shape index (κ3) is 6.32. The van der Waals surface area contributed by atoms with Crippen molar-refractivity contribution in [2.45, 2.75) is 95.8 Å². The molecule has 3 aliphatic carbocycles. The highest BCUT2D eigenvalue weighted by Crippen LogP contribution is 2.55. The first-order valence-electron chi connectivity index (χ1n) is 12.6. The lowest BCUT2D eigenvalue weighted by Crippen LogP contribution is -2.53. The molecule has 3 fully saturated rings. The minimum Gasteiger partial charge on any atom is -0.481 e. The van der Waals surface area contributed by atoms with Gasteiger partial charge in [0.05, 0.1) is 12.8 Å². The molecule has 3 saturated carbocycles. The van der Waals surface area contributed by atoms with Crippen LogP contribution in [0.4, 0.5) is 13.2 Å². The molecule has 7 atom stereocenters. The summed E-state index contributed by atoms with van der Waals surface area (Å²) < 4.78 is 45.2. The zero-order chi connectivity index (χ0) is 25.1. The number of hydrogen-bond acceptors (Lipinski definition) is 5. The molecule has 0 heterocycles. The van der Waals surface area contributed by atoms with Gasteiger partial charge in [-0.3, -0.25) is 14.4 Å². The van der Waals surface area contributed by atoms with Crippen LogP contribution >= 0.6 is 0 Å². The summed E-state index contributed by atoms with van der Waals surface area (Å²) in [5.74, 6) is -1.02. The van der Waals surface area contributed by atoms with E-state index in [0.717, 1.165) is 25.7 Å². The first-order valence-corrected chi connectivity index (χ1v) is 12.6. The predicted octanol–water partition coefficient (Wildman–Crippen LogP) is 4.92. The van der Waals surface area contributed by atoms with E-state index in [1.54, 1.807) is 0 Å². The van der Waals surface area contributed by atoms with Crippen LogP contribution in [0.5, 0.6) is 0 Å². The number of aliphatic carboxylic acids is 1. The lowest BCUT2D eigenvalue weighted by atomic mass is 9.55. The van der Waals surface area contributed by atoms with Crippen molar-refractivity contribution < 1.29 is 42.5 Å². The highest BCUT2D eigenvalue weighted by atomic mass is 19.4. The van der Waals surface area contributed by atoms with Crippen molar-refractivity contribution in [3.63, 3.8) is 0 Å². The fraction of sp³-hybridized carbons (Fsp3) is 0.880. The van der Waals surface area contributed by atoms with E-state index in [1.807, 2.05) is 0 Å². The molecule has 3 rings (SSSR count). The number of carbonyl (C=O) groups is 3. The van der Waals surface area contributed by atoms with E-state index in [1.165, 1.54) is 0 Å². The number of carboxylic acids is 1. The van der Waals surface area contributed by atoms with Gasteiger partial charge in [-0.2, -0.15) is 13.2 Å². The van der Waals surface area contributed by atoms with Gasteiger partial charge in [0.1, 0.15) is 6.61 Å². The lowest BCUT2D eigenvalue weighted by molar-refractivity contribution is -0.281. The Hall–Kier alpha value is -1.64. The maximum absolute atomic E-state index is 13.4. The molecule has 0 bridgehead atoms. The lowest BCUT2D eigenvalue weighted by Gasteiger charge is -2.51. The molecular weight excluding hydrogens is 453 g/mol. The Bertz CT molecular complexity index is 753. The van der Waals surface area contributed by atoms with E-state index >= 15 is 0 Å². The number of rotatable bonds is 6. The van der Waals surface area contributed by atoms with Crippen molar-refractivity contribution in [1.29, 1.82) is 0 Å². The normalized spacial score (nSPS) is 36.7. The zero-order valence-corrected chi connectivity index (χ0v) is 19.8. The summed E-state index contributed by atoms with van der Waals surface area (Å²) in [6.07, 6.45) is 0.193. The van der Waals surface area contributed by atoms with Gasteiger partial charge in [0.2, 0.25) is 0 Å². The Labute approximate surface area is 198 Å². The second-order valence-electron chi connectivity index (χ2n) is 10.8. The molecule has 0 radical (unpaired) electrons. The number of carbonyl (C=O) groups excluding carboxylic acids is 2. The van der Waals surface area contributed by atoms with E-state index in [-0.39, 0.29) is 55.8 Å². The molecule has 9 heteroatoms. The minimum atomic E-state index is -4.59. The Kier molecular flexibility index (Phi) is 8.69. The van der Waals surface area contributed by atoms with Gasteiger partial charge in [-0.05, 0) is 87.4 Å². The molecule has 0 aromatic rings. The summed E-state index contributed by atoms with van der Waals surface area (Å²) in [4.78, 5) is 34.9. The fourth-order valence-electron chi connectivity index (χ4n) is 6.83. The second-order valence-corrected chi connectivity index (χ2v) is 10.8. The molecule has 3 aliphatic rings. The number of alkyl halides is 3. The molecule has 194 valence electrons. The molecule has 0 spiro atoms. The maximum Gasteiger partial charge on any atom is 0.417 e. The number of Topliss-reactive ketones (excluding diaryl/α,β-unsaturated/α-hetero) is 1. The zero-order valence-electron chi connectivity index (χ0n) is 19.8. The average Bonchev–Trinajstić information content (AvgIpc) is 2.84. The van der Waals surface area contributed by atoms with Crippen LogP contribution < -0.4 is 0 Å². The summed E-state index contributed by atoms with van der Waals surface area (Å²) in [6, 6.07) is 0. The van der Waals surface area contributed by atoms with Crippen LogP contribution in [0, 0.1) is 35.5 Å². The monoisotopic (exact) mass is 490 g/mol. The van der Waals surface area contributed by atoms with Crippen LogP contribution in [0.1, 0.15) is 84.0 Å². The molecule has 0 amide bonds. The van der Waals surface area contributed by atoms with Gasteiger partial charge in [-0.25, -0.2) is 0 Å². The summed E-state index contributed by atoms with van der Waals surface area (Å²) in [7, 11) is 0. The van der Waals surface area contributed by atoms with Crippen LogP contribution in [0.25, 0.3) is 0 Å². The SMILES string of the molecule is CC1CCC(C(=O)COC(=O)CCC(=O)O)CCCC2C1CCC1CC(O)(C(F)(F)F)CCC12. The number of hydrogen-bond donors (Lipinski definition) is 2. The van der Waals surface area contributed by atoms with Crippen LogP contribution in [0.2, 0.25) is 0 Å². The standard InChI is InChI=1S/C25H37F3O6/c1-15-5-6-16(21(29)14-34-23(32)10-9-22(30)31)3-2-4-20-18(15)8-7-17-13-24(33,25(26,27)28)12-11-19(17)20/h15-20,33H,2-14H2,1H3,(H,30,31). The van der Waals surface area contributed by atoms with E-state index in [2.05, 4.69) is 6.92 Å². The molecule has 34 heavy (non-hydrogen) atoms. The summed E-state index contributed by atoms with van der Waals surface area (Å²) in [5, 5.41) is 18.9. The quantitative estimate of drug-likeness (QED) is 0.513. The largest absolute Gasteiger partial charge is 0.481 e. The number of ketones is 1. The predicted molar refractivity (Wildman–Crippen MR) is 117 cm³/mol. The Morgan fingerprint density at radius 2 is 1.68 bits per heavy atom. The first-order chi connectivity index (χ1) is 15.9. The molecule has 7 unspecified atom stereocenters. The summed E-state index contributed by atoms with van der Waals surface area (Å²) >= 11 is 0. The summed E-state index contributed by atoms with van der Waals surface area (Å²) in [5.41, 5.74) is -2.56. The molecule has 0 aliphatic heterocycles. The first kappa shape index (κ1) is 27.0. The Balaban J connectivity index is 1.58. The smallest absolute Gasteiger partial charge is 0.417 e. The Morgan fingerprint density at radius 3 is 2.35 bits per heavy atom. The minimum absolute atomic E-state index is 0.114. The Morgan fingerprint density at radius 1 is 0.941 bits per heavy atom. The van der Waals surface area contributed by atoms with Gasteiger partial charge in [0, 0.05) is 5.92 Å². The number of esters is 1. The second kappa shape index (κ2) is 11.0. The number of ether oxygens (including phenoxy) is 1. The number of fused-ring (bicyclic) bond motifs is 3. The van der Waals surface area contributed by atoms with Crippen LogP contribution in [0.3, 0.4) is 0 Å². The van der Waals surface area contributed by atoms with Crippen molar-refractivity contribution in [1.82, 2.24) is 0 Å². The highest BCUT2D eigenvalue weighted by molar-refractivity contribution is 5.85. The van der Waals surface area contributed by atoms with E-state index < -0.39 is 23.7 Å². The molecule has 0 saturated heterocycles. The molecule has 0 aromatic carbocycles. The van der Waals surface area contributed by atoms with Gasteiger partial charge < -0.3 is 14.9 Å². The van der Waals surface area contributed by atoms with Crippen molar-refractivity contribution in [2.75, 3.05) is 6.61 Å². The van der Waals surface area contributed by atoms with Gasteiger partial charge in [-0.15, -0.1) is 0 Å². The van der Waals surface area contributed by atoms with Crippen molar-refractivity contribution in [3.8, 4) is 0 Å². The summed E-state index contributed by atoms with van der Waals surface area (Å²) in [6.45, 7) is 1.83. The number of carboxylic acid groups (broad SMARTS) is 1. The van der Waals surface area contributed by atoms with Crippen LogP contribution in [-0.2, 0) is 19.1 Å². The van der Waals surface area contributed by atoms with Gasteiger partial charge >= 0.3 is 18.1 Å². The van der Waals surface area contributed by atoms with E-state index in [0.29, 0.717) is 43.4 Å². The van der Waals surface area contributed by atoms with Gasteiger partial charge in [0.15, 0.2) is 11.4 Å². The molecular formula is C25H37F3O6. The number of halogens is 3. The van der Waals surface area contributed by atoms with E-state index in [4.69, 9.17) is 9.84 Å². The average molecular weight is 491 g/mol. The van der Waals surface area contributed by atoms with Gasteiger partial charge in [0.25, 0.3) is 0 Å². The highest BCUT2D eigenvalue weighted by Gasteiger charge is 2.58.